The monoisotopic (exact) mass is 1020 g/mol. The van der Waals surface area contributed by atoms with E-state index in [4.69, 9.17) is 26.8 Å². The summed E-state index contributed by atoms with van der Waals surface area (Å²) in [7, 11) is -12.8. The highest BCUT2D eigenvalue weighted by molar-refractivity contribution is 7.87. The predicted octanol–water partition coefficient (Wildman–Crippen LogP) is 9.88. The number of fused-ring (bicyclic) bond motifs is 3. The molecule has 3 heterocycles. The lowest BCUT2D eigenvalue weighted by Gasteiger charge is -2.39. The first-order valence-electron chi connectivity index (χ1n) is 22.8. The van der Waals surface area contributed by atoms with Gasteiger partial charge in [0, 0.05) is 17.5 Å². The van der Waals surface area contributed by atoms with Crippen molar-refractivity contribution in [2.45, 2.75) is 93.1 Å². The van der Waals surface area contributed by atoms with Crippen molar-refractivity contribution in [1.29, 1.82) is 0 Å². The van der Waals surface area contributed by atoms with Crippen LogP contribution in [-0.2, 0) is 44.6 Å². The Balaban J connectivity index is 1.14. The molecule has 6 atom stereocenters. The topological polar surface area (TPSA) is 195 Å². The SMILES string of the molecule is Cc1ccc(S(=O)(=O)Oc2ccc([C@H]3O[C@H]4c5ccc(OS(=O)(=O)c6ccc(C)cc6)cc5O[C@H](c5ccc(OS(=O)(=O)c6ccc(C)cc6)cc5)[C@H]4[C@@H]3C(=O)N3C(=O)OC(C)(C)[C@@H]3C(C)C)cc2)cc1. The molecule has 6 aromatic carbocycles. The molecule has 370 valence electrons. The van der Waals surface area contributed by atoms with Gasteiger partial charge in [-0.2, -0.15) is 25.3 Å². The van der Waals surface area contributed by atoms with Gasteiger partial charge in [0.25, 0.3) is 0 Å². The lowest BCUT2D eigenvalue weighted by atomic mass is 9.74. The normalized spacial score (nSPS) is 21.7. The molecule has 3 aliphatic rings. The standard InChI is InChI=1S/C53H51NO14S3/c1-31(2)50-53(6,7)65-52(56)54(50)51(55)46-45-47(35-14-18-37(19-15-35)66-69(57,58)40-23-8-32(3)9-24-40)63-44-30-39(68-71(61,62)42-27-12-34(5)13-28-42)22-29-43(44)49(45)64-48(46)36-16-20-38(21-17-36)67-70(59,60)41-25-10-33(4)11-26-41/h8-31,45-50H,1-7H3/t45-,46+,47-,48-,49+,50+/m1/s1. The molecule has 9 rings (SSSR count). The molecule has 71 heavy (non-hydrogen) atoms. The van der Waals surface area contributed by atoms with Gasteiger partial charge in [0.1, 0.15) is 49.4 Å². The number of hydrogen-bond donors (Lipinski definition) is 0. The number of rotatable bonds is 13. The Bertz CT molecular complexity index is 3340. The number of hydrogen-bond acceptors (Lipinski definition) is 14. The molecule has 0 spiro atoms. The summed E-state index contributed by atoms with van der Waals surface area (Å²) in [6.45, 7) is 12.7. The van der Waals surface area contributed by atoms with Crippen LogP contribution in [0.1, 0.15) is 79.4 Å². The van der Waals surface area contributed by atoms with Crippen LogP contribution in [0.4, 0.5) is 4.79 Å². The zero-order chi connectivity index (χ0) is 50.8. The van der Waals surface area contributed by atoms with E-state index in [1.54, 1.807) is 80.6 Å². The summed E-state index contributed by atoms with van der Waals surface area (Å²) in [6.07, 6.45) is -4.00. The van der Waals surface area contributed by atoms with Crippen LogP contribution in [0.25, 0.3) is 0 Å². The van der Waals surface area contributed by atoms with E-state index in [-0.39, 0.29) is 43.6 Å². The van der Waals surface area contributed by atoms with Crippen LogP contribution in [0.3, 0.4) is 0 Å². The van der Waals surface area contributed by atoms with E-state index in [9.17, 15) is 30.0 Å². The van der Waals surface area contributed by atoms with E-state index in [1.165, 1.54) is 72.8 Å². The third kappa shape index (κ3) is 9.73. The van der Waals surface area contributed by atoms with Gasteiger partial charge in [-0.25, -0.2) is 9.69 Å². The lowest BCUT2D eigenvalue weighted by molar-refractivity contribution is -0.138. The number of carbonyl (C=O) groups is 2. The molecule has 0 aromatic heterocycles. The highest BCUT2D eigenvalue weighted by atomic mass is 32.2. The molecule has 18 heteroatoms. The molecule has 0 saturated carbocycles. The fourth-order valence-electron chi connectivity index (χ4n) is 9.65. The first-order chi connectivity index (χ1) is 33.5. The highest BCUT2D eigenvalue weighted by Crippen LogP contribution is 2.60. The molecule has 3 aliphatic heterocycles. The van der Waals surface area contributed by atoms with Crippen molar-refractivity contribution in [3.8, 4) is 23.0 Å². The van der Waals surface area contributed by atoms with Gasteiger partial charge in [0.2, 0.25) is 5.91 Å². The van der Waals surface area contributed by atoms with E-state index in [2.05, 4.69) is 0 Å². The van der Waals surface area contributed by atoms with Gasteiger partial charge in [-0.05, 0) is 124 Å². The number of imide groups is 1. The lowest BCUT2D eigenvalue weighted by Crippen LogP contribution is -2.51. The summed E-state index contributed by atoms with van der Waals surface area (Å²) in [5.41, 5.74) is 2.82. The van der Waals surface area contributed by atoms with Gasteiger partial charge in [-0.3, -0.25) is 4.79 Å². The minimum absolute atomic E-state index is 0.0104. The average Bonchev–Trinajstić information content (AvgIpc) is 3.83. The molecule has 2 fully saturated rings. The average molecular weight is 1020 g/mol. The van der Waals surface area contributed by atoms with Gasteiger partial charge in [-0.15, -0.1) is 0 Å². The van der Waals surface area contributed by atoms with E-state index in [0.717, 1.165) is 21.6 Å². The van der Waals surface area contributed by atoms with Crippen LogP contribution >= 0.6 is 0 Å². The Morgan fingerprint density at radius 3 is 1.41 bits per heavy atom. The quantitative estimate of drug-likeness (QED) is 0.0992. The fraction of sp³-hybridized carbons (Fsp3) is 0.283. The molecule has 2 amide bonds. The number of cyclic esters (lactones) is 1. The Morgan fingerprint density at radius 1 is 0.563 bits per heavy atom. The number of benzene rings is 6. The molecule has 0 unspecified atom stereocenters. The summed E-state index contributed by atoms with van der Waals surface area (Å²) < 4.78 is 117. The number of carbonyl (C=O) groups excluding carboxylic acids is 2. The van der Waals surface area contributed by atoms with Gasteiger partial charge >= 0.3 is 36.4 Å². The molecule has 0 N–H and O–H groups in total. The van der Waals surface area contributed by atoms with E-state index >= 15 is 4.79 Å². The number of aryl methyl sites for hydroxylation is 3. The summed E-state index contributed by atoms with van der Waals surface area (Å²) in [5.74, 6) is -2.93. The summed E-state index contributed by atoms with van der Waals surface area (Å²) in [6, 6.07) is 34.5. The molecular formula is C53H51NO14S3. The molecular weight excluding hydrogens is 971 g/mol. The van der Waals surface area contributed by atoms with Gasteiger partial charge < -0.3 is 26.8 Å². The maximum atomic E-state index is 15.6. The van der Waals surface area contributed by atoms with Crippen molar-refractivity contribution < 1.29 is 61.6 Å². The van der Waals surface area contributed by atoms with E-state index in [0.29, 0.717) is 16.7 Å². The second kappa shape index (κ2) is 18.5. The maximum absolute atomic E-state index is 15.6. The predicted molar refractivity (Wildman–Crippen MR) is 259 cm³/mol. The number of amides is 2. The van der Waals surface area contributed by atoms with Crippen LogP contribution in [0, 0.1) is 38.5 Å². The zero-order valence-corrected chi connectivity index (χ0v) is 42.2. The van der Waals surface area contributed by atoms with Gasteiger partial charge in [0.15, 0.2) is 0 Å². The van der Waals surface area contributed by atoms with Crippen molar-refractivity contribution in [3.05, 3.63) is 173 Å². The fourth-order valence-corrected chi connectivity index (χ4v) is 12.4. The number of nitrogens with zero attached hydrogens (tertiary/aromatic N) is 1. The molecule has 2 saturated heterocycles. The Hall–Kier alpha value is -6.73. The van der Waals surface area contributed by atoms with Crippen LogP contribution in [-0.4, -0.2) is 53.8 Å². The van der Waals surface area contributed by atoms with Crippen molar-refractivity contribution in [2.24, 2.45) is 17.8 Å². The Morgan fingerprint density at radius 2 is 0.972 bits per heavy atom. The Labute approximate surface area is 413 Å². The van der Waals surface area contributed by atoms with Crippen LogP contribution in [0.2, 0.25) is 0 Å². The minimum atomic E-state index is -4.31. The molecule has 15 nitrogen and oxygen atoms in total. The molecule has 0 aliphatic carbocycles. The van der Waals surface area contributed by atoms with E-state index in [1.807, 2.05) is 34.6 Å². The first-order valence-corrected chi connectivity index (χ1v) is 27.0. The second-order valence-electron chi connectivity index (χ2n) is 18.9. The molecule has 0 bridgehead atoms. The van der Waals surface area contributed by atoms with Gasteiger partial charge in [-0.1, -0.05) is 91.2 Å². The molecule has 6 aromatic rings. The highest BCUT2D eigenvalue weighted by Gasteiger charge is 2.61. The van der Waals surface area contributed by atoms with Crippen molar-refractivity contribution in [1.82, 2.24) is 4.90 Å². The number of ether oxygens (including phenoxy) is 3. The molecule has 0 radical (unpaired) electrons. The zero-order valence-electron chi connectivity index (χ0n) is 39.7. The van der Waals surface area contributed by atoms with Crippen LogP contribution in [0.5, 0.6) is 23.0 Å². The van der Waals surface area contributed by atoms with E-state index < -0.39 is 84.1 Å². The van der Waals surface area contributed by atoms with Crippen LogP contribution < -0.4 is 17.3 Å². The van der Waals surface area contributed by atoms with Crippen molar-refractivity contribution in [3.63, 3.8) is 0 Å². The first kappa shape index (κ1) is 49.3. The van der Waals surface area contributed by atoms with Gasteiger partial charge in [0.05, 0.1) is 24.2 Å². The largest absolute Gasteiger partial charge is 0.485 e. The van der Waals surface area contributed by atoms with Crippen molar-refractivity contribution in [2.75, 3.05) is 0 Å². The third-order valence-electron chi connectivity index (χ3n) is 12.9. The smallest absolute Gasteiger partial charge is 0.417 e. The summed E-state index contributed by atoms with van der Waals surface area (Å²) in [5, 5.41) is 0. The Kier molecular flexibility index (Phi) is 12.8. The van der Waals surface area contributed by atoms with Crippen LogP contribution in [0.15, 0.2) is 154 Å². The third-order valence-corrected chi connectivity index (χ3v) is 16.7. The van der Waals surface area contributed by atoms with Crippen molar-refractivity contribution >= 4 is 42.4 Å². The minimum Gasteiger partial charge on any atom is -0.485 e. The summed E-state index contributed by atoms with van der Waals surface area (Å²) >= 11 is 0. The summed E-state index contributed by atoms with van der Waals surface area (Å²) in [4.78, 5) is 30.5. The second-order valence-corrected chi connectivity index (χ2v) is 23.5. The maximum Gasteiger partial charge on any atom is 0.417 e.